The highest BCUT2D eigenvalue weighted by molar-refractivity contribution is 7.93. The van der Waals surface area contributed by atoms with Crippen LogP contribution in [0.25, 0.3) is 0 Å². The number of anilines is 2. The van der Waals surface area contributed by atoms with Crippen LogP contribution in [0.1, 0.15) is 0 Å². The van der Waals surface area contributed by atoms with Gasteiger partial charge in [0.1, 0.15) is 11.5 Å². The lowest BCUT2D eigenvalue weighted by atomic mass is 10.3. The molecule has 2 N–H and O–H groups in total. The Balaban J connectivity index is 2.02. The maximum Gasteiger partial charge on any atom is 0.289 e. The molecule has 3 aromatic rings. The molecule has 0 bridgehead atoms. The van der Waals surface area contributed by atoms with Crippen molar-refractivity contribution < 1.29 is 31.2 Å². The summed E-state index contributed by atoms with van der Waals surface area (Å²) in [7, 11) is -5.98. The van der Waals surface area contributed by atoms with E-state index in [9.17, 15) is 26.9 Å². The molecule has 0 saturated heterocycles. The van der Waals surface area contributed by atoms with E-state index in [0.717, 1.165) is 18.2 Å². The SMILES string of the molecule is COc1ccccc1NS(=O)(=O)c1ccc(OC)c(NS(=O)(=O)c2ccccc2[N+](=O)[O-])c1. The number of nitrogens with one attached hydrogen (secondary N) is 2. The predicted octanol–water partition coefficient (Wildman–Crippen LogP) is 3.21. The Hall–Kier alpha value is -3.84. The Bertz CT molecular complexity index is 1410. The van der Waals surface area contributed by atoms with Gasteiger partial charge < -0.3 is 9.47 Å². The molecule has 0 aliphatic rings. The van der Waals surface area contributed by atoms with Gasteiger partial charge >= 0.3 is 0 Å². The fourth-order valence-corrected chi connectivity index (χ4v) is 5.23. The Morgan fingerprint density at radius 1 is 0.758 bits per heavy atom. The Labute approximate surface area is 190 Å². The monoisotopic (exact) mass is 493 g/mol. The van der Waals surface area contributed by atoms with Crippen molar-refractivity contribution in [1.29, 1.82) is 0 Å². The largest absolute Gasteiger partial charge is 0.495 e. The number of ether oxygens (including phenoxy) is 2. The minimum absolute atomic E-state index is 0.00778. The lowest BCUT2D eigenvalue weighted by Gasteiger charge is -2.15. The third kappa shape index (κ3) is 5.15. The van der Waals surface area contributed by atoms with E-state index < -0.39 is 35.6 Å². The van der Waals surface area contributed by atoms with E-state index in [1.165, 1.54) is 44.6 Å². The molecular formula is C20H19N3O8S2. The zero-order valence-electron chi connectivity index (χ0n) is 17.4. The van der Waals surface area contributed by atoms with E-state index in [1.54, 1.807) is 18.2 Å². The molecule has 0 atom stereocenters. The molecule has 3 aromatic carbocycles. The van der Waals surface area contributed by atoms with Crippen molar-refractivity contribution in [2.45, 2.75) is 9.79 Å². The van der Waals surface area contributed by atoms with Crippen LogP contribution >= 0.6 is 0 Å². The quantitative estimate of drug-likeness (QED) is 0.340. The van der Waals surface area contributed by atoms with Crippen LogP contribution in [-0.2, 0) is 20.0 Å². The van der Waals surface area contributed by atoms with Crippen LogP contribution in [-0.4, -0.2) is 36.0 Å². The number of hydrogen-bond donors (Lipinski definition) is 2. The van der Waals surface area contributed by atoms with Crippen LogP contribution in [0.5, 0.6) is 11.5 Å². The van der Waals surface area contributed by atoms with Crippen LogP contribution in [0.2, 0.25) is 0 Å². The summed E-state index contributed by atoms with van der Waals surface area (Å²) in [6, 6.07) is 14.6. The molecule has 0 radical (unpaired) electrons. The summed E-state index contributed by atoms with van der Waals surface area (Å²) in [5.41, 5.74) is -0.679. The van der Waals surface area contributed by atoms with Gasteiger partial charge in [-0.15, -0.1) is 0 Å². The summed E-state index contributed by atoms with van der Waals surface area (Å²) < 4.78 is 66.4. The normalized spacial score (nSPS) is 11.5. The van der Waals surface area contributed by atoms with Gasteiger partial charge in [-0.25, -0.2) is 16.8 Å². The first-order valence-electron chi connectivity index (χ1n) is 9.19. The van der Waals surface area contributed by atoms with Crippen molar-refractivity contribution in [3.8, 4) is 11.5 Å². The highest BCUT2D eigenvalue weighted by atomic mass is 32.2. The average molecular weight is 494 g/mol. The number of hydrogen-bond acceptors (Lipinski definition) is 8. The minimum Gasteiger partial charge on any atom is -0.495 e. The van der Waals surface area contributed by atoms with Gasteiger partial charge in [-0.05, 0) is 36.4 Å². The van der Waals surface area contributed by atoms with Crippen molar-refractivity contribution >= 4 is 37.1 Å². The summed E-state index contributed by atoms with van der Waals surface area (Å²) in [4.78, 5) is 9.55. The van der Waals surface area contributed by atoms with E-state index in [0.29, 0.717) is 0 Å². The van der Waals surface area contributed by atoms with E-state index >= 15 is 0 Å². The predicted molar refractivity (Wildman–Crippen MR) is 121 cm³/mol. The van der Waals surface area contributed by atoms with Crippen molar-refractivity contribution in [1.82, 2.24) is 0 Å². The zero-order chi connectivity index (χ0) is 24.2. The van der Waals surface area contributed by atoms with Gasteiger partial charge in [-0.1, -0.05) is 24.3 Å². The molecule has 11 nitrogen and oxygen atoms in total. The Morgan fingerprint density at radius 3 is 2.00 bits per heavy atom. The second kappa shape index (κ2) is 9.34. The van der Waals surface area contributed by atoms with Gasteiger partial charge in [0.2, 0.25) is 0 Å². The van der Waals surface area contributed by atoms with Crippen molar-refractivity contribution in [2.24, 2.45) is 0 Å². The number of benzene rings is 3. The molecule has 0 aliphatic carbocycles. The molecular weight excluding hydrogens is 474 g/mol. The second-order valence-corrected chi connectivity index (χ2v) is 9.83. The molecule has 13 heteroatoms. The Kier molecular flexibility index (Phi) is 6.74. The fourth-order valence-electron chi connectivity index (χ4n) is 2.90. The van der Waals surface area contributed by atoms with Gasteiger partial charge in [-0.2, -0.15) is 0 Å². The summed E-state index contributed by atoms with van der Waals surface area (Å²) >= 11 is 0. The maximum absolute atomic E-state index is 12.9. The van der Waals surface area contributed by atoms with Crippen LogP contribution < -0.4 is 18.9 Å². The number of sulfonamides is 2. The topological polar surface area (TPSA) is 154 Å². The van der Waals surface area contributed by atoms with Crippen molar-refractivity contribution in [3.05, 3.63) is 76.8 Å². The lowest BCUT2D eigenvalue weighted by molar-refractivity contribution is -0.387. The van der Waals surface area contributed by atoms with Crippen LogP contribution in [0.4, 0.5) is 17.1 Å². The molecule has 0 unspecified atom stereocenters. The molecule has 0 aliphatic heterocycles. The van der Waals surface area contributed by atoms with Gasteiger partial charge in [0.25, 0.3) is 25.7 Å². The molecule has 33 heavy (non-hydrogen) atoms. The summed E-state index contributed by atoms with van der Waals surface area (Å²) in [5.74, 6) is 0.292. The van der Waals surface area contributed by atoms with Crippen molar-refractivity contribution in [2.75, 3.05) is 23.7 Å². The summed E-state index contributed by atoms with van der Waals surface area (Å²) in [5, 5.41) is 11.2. The molecule has 0 aromatic heterocycles. The first-order chi connectivity index (χ1) is 15.6. The maximum atomic E-state index is 12.9. The molecule has 0 amide bonds. The number of rotatable bonds is 9. The molecule has 0 heterocycles. The zero-order valence-corrected chi connectivity index (χ0v) is 19.0. The lowest BCUT2D eigenvalue weighted by Crippen LogP contribution is -2.17. The first-order valence-corrected chi connectivity index (χ1v) is 12.2. The van der Waals surface area contributed by atoms with Gasteiger partial charge in [-0.3, -0.25) is 19.6 Å². The fraction of sp³-hybridized carbons (Fsp3) is 0.100. The smallest absolute Gasteiger partial charge is 0.289 e. The van der Waals surface area contributed by atoms with Crippen molar-refractivity contribution in [3.63, 3.8) is 0 Å². The number of methoxy groups -OCH3 is 2. The molecule has 0 spiro atoms. The summed E-state index contributed by atoms with van der Waals surface area (Å²) in [6.45, 7) is 0. The third-order valence-corrected chi connectivity index (χ3v) is 7.20. The molecule has 0 saturated carbocycles. The van der Waals surface area contributed by atoms with Crippen LogP contribution in [0.3, 0.4) is 0 Å². The molecule has 0 fully saturated rings. The van der Waals surface area contributed by atoms with Crippen LogP contribution in [0, 0.1) is 10.1 Å². The summed E-state index contributed by atoms with van der Waals surface area (Å²) in [6.07, 6.45) is 0. The van der Waals surface area contributed by atoms with Gasteiger partial charge in [0.05, 0.1) is 35.4 Å². The van der Waals surface area contributed by atoms with Gasteiger partial charge in [0, 0.05) is 6.07 Å². The van der Waals surface area contributed by atoms with Gasteiger partial charge in [0.15, 0.2) is 4.90 Å². The Morgan fingerprint density at radius 2 is 1.33 bits per heavy atom. The highest BCUT2D eigenvalue weighted by Crippen LogP contribution is 2.33. The molecule has 3 rings (SSSR count). The number of para-hydroxylation sites is 3. The molecule has 174 valence electrons. The number of nitrogens with zero attached hydrogens (tertiary/aromatic N) is 1. The second-order valence-electron chi connectivity index (χ2n) is 6.50. The average Bonchev–Trinajstić information content (AvgIpc) is 2.79. The minimum atomic E-state index is -4.46. The van der Waals surface area contributed by atoms with E-state index in [1.807, 2.05) is 0 Å². The van der Waals surface area contributed by atoms with E-state index in [-0.39, 0.29) is 27.8 Å². The number of nitro groups is 1. The highest BCUT2D eigenvalue weighted by Gasteiger charge is 2.27. The van der Waals surface area contributed by atoms with E-state index in [4.69, 9.17) is 9.47 Å². The third-order valence-electron chi connectivity index (χ3n) is 4.43. The van der Waals surface area contributed by atoms with Crippen LogP contribution in [0.15, 0.2) is 76.5 Å². The first kappa shape index (κ1) is 23.8. The standard InChI is InChI=1S/C20H19N3O8S2/c1-30-18-9-5-3-7-15(18)21-32(26,27)14-11-12-19(31-2)16(13-14)22-33(28,29)20-10-6-4-8-17(20)23(24)25/h3-13,21-22H,1-2H3. The number of nitro benzene ring substituents is 1. The van der Waals surface area contributed by atoms with E-state index in [2.05, 4.69) is 9.44 Å².